The van der Waals surface area contributed by atoms with Crippen LogP contribution in [0.5, 0.6) is 0 Å². The predicted molar refractivity (Wildman–Crippen MR) is 77.8 cm³/mol. The molecule has 4 heteroatoms. The Bertz CT molecular complexity index is 527. The predicted octanol–water partition coefficient (Wildman–Crippen LogP) is 3.55. The van der Waals surface area contributed by atoms with E-state index in [1.807, 2.05) is 36.4 Å². The van der Waals surface area contributed by atoms with Gasteiger partial charge in [-0.05, 0) is 16.7 Å². The average Bonchev–Trinajstić information content (AvgIpc) is 2.50. The fraction of sp³-hybridized carbons (Fsp3) is 0. The summed E-state index contributed by atoms with van der Waals surface area (Å²) in [6.07, 6.45) is 1.50. The number of nitrogens with one attached hydrogen (secondary N) is 2. The van der Waals surface area contributed by atoms with Crippen LogP contribution in [0, 0.1) is 10.8 Å². The van der Waals surface area contributed by atoms with E-state index in [4.69, 9.17) is 20.4 Å². The number of carbonyl (C=O) groups excluding carboxylic acids is 2. The van der Waals surface area contributed by atoms with Gasteiger partial charge >= 0.3 is 0 Å². The average molecular weight is 266 g/mol. The molecule has 0 heterocycles. The van der Waals surface area contributed by atoms with E-state index >= 15 is 0 Å². The van der Waals surface area contributed by atoms with Gasteiger partial charge in [-0.2, -0.15) is 0 Å². The molecule has 20 heavy (non-hydrogen) atoms. The van der Waals surface area contributed by atoms with Crippen molar-refractivity contribution < 1.29 is 9.59 Å². The maximum absolute atomic E-state index is 8.35. The van der Waals surface area contributed by atoms with Gasteiger partial charge in [-0.1, -0.05) is 67.2 Å². The third-order valence-corrected chi connectivity index (χ3v) is 2.24. The molecule has 0 spiro atoms. The highest BCUT2D eigenvalue weighted by atomic mass is 16.1. The van der Waals surface area contributed by atoms with Crippen LogP contribution in [0.3, 0.4) is 0 Å². The molecular weight excluding hydrogens is 252 g/mol. The summed E-state index contributed by atoms with van der Waals surface area (Å²) in [4.78, 5) is 16.7. The van der Waals surface area contributed by atoms with Crippen LogP contribution in [0.15, 0.2) is 67.2 Å². The highest BCUT2D eigenvalue weighted by Crippen LogP contribution is 2.20. The molecule has 2 aromatic rings. The number of hydrogen-bond acceptors (Lipinski definition) is 4. The van der Waals surface area contributed by atoms with Crippen molar-refractivity contribution in [1.29, 1.82) is 10.8 Å². The van der Waals surface area contributed by atoms with Gasteiger partial charge in [0.15, 0.2) is 0 Å². The minimum absolute atomic E-state index is 0.750. The van der Waals surface area contributed by atoms with Crippen molar-refractivity contribution in [1.82, 2.24) is 0 Å². The van der Waals surface area contributed by atoms with Crippen LogP contribution >= 0.6 is 0 Å². The molecule has 0 saturated heterocycles. The molecule has 2 aromatic carbocycles. The molecule has 0 aliphatic heterocycles. The highest BCUT2D eigenvalue weighted by molar-refractivity contribution is 5.77. The van der Waals surface area contributed by atoms with Crippen molar-refractivity contribution in [3.63, 3.8) is 0 Å². The molecule has 2 N–H and O–H groups in total. The van der Waals surface area contributed by atoms with Crippen LogP contribution in [-0.4, -0.2) is 12.2 Å². The molecule has 0 atom stereocenters. The zero-order chi connectivity index (χ0) is 15.2. The van der Waals surface area contributed by atoms with Crippen molar-refractivity contribution >= 4 is 17.7 Å². The highest BCUT2D eigenvalue weighted by Gasteiger charge is 1.99. The summed E-state index contributed by atoms with van der Waals surface area (Å²) in [6, 6.07) is 20.5. The number of hydrogen-bond donors (Lipinski definition) is 2. The van der Waals surface area contributed by atoms with Crippen molar-refractivity contribution in [3.05, 3.63) is 78.4 Å². The normalized spacial score (nSPS) is 7.60. The third-order valence-electron chi connectivity index (χ3n) is 2.24. The second kappa shape index (κ2) is 11.1. The number of rotatable bonds is 2. The Morgan fingerprint density at radius 2 is 1.00 bits per heavy atom. The lowest BCUT2D eigenvalue weighted by Crippen LogP contribution is -1.84. The summed E-state index contributed by atoms with van der Waals surface area (Å²) in [7, 11) is 0. The van der Waals surface area contributed by atoms with E-state index < -0.39 is 0 Å². The van der Waals surface area contributed by atoms with Crippen LogP contribution in [0.1, 0.15) is 11.1 Å². The van der Waals surface area contributed by atoms with Crippen LogP contribution in [-0.2, 0) is 9.59 Å². The van der Waals surface area contributed by atoms with Crippen LogP contribution in [0.2, 0.25) is 0 Å². The van der Waals surface area contributed by atoms with Crippen molar-refractivity contribution in [2.75, 3.05) is 0 Å². The third kappa shape index (κ3) is 6.62. The van der Waals surface area contributed by atoms with Crippen molar-refractivity contribution in [2.45, 2.75) is 0 Å². The second-order valence-corrected chi connectivity index (χ2v) is 3.41. The van der Waals surface area contributed by atoms with Gasteiger partial charge in [0.25, 0.3) is 0 Å². The zero-order valence-electron chi connectivity index (χ0n) is 10.8. The first kappa shape index (κ1) is 16.9. The topological polar surface area (TPSA) is 81.8 Å². The van der Waals surface area contributed by atoms with Crippen molar-refractivity contribution in [3.8, 4) is 0 Å². The molecular formula is C16H14N2O2. The Morgan fingerprint density at radius 3 is 1.25 bits per heavy atom. The van der Waals surface area contributed by atoms with E-state index in [9.17, 15) is 0 Å². The second-order valence-electron chi connectivity index (χ2n) is 3.41. The first-order valence-corrected chi connectivity index (χ1v) is 5.58. The van der Waals surface area contributed by atoms with Gasteiger partial charge in [0.05, 0.1) is 0 Å². The summed E-state index contributed by atoms with van der Waals surface area (Å²) in [5, 5.41) is 10.8. The van der Waals surface area contributed by atoms with Crippen molar-refractivity contribution in [2.24, 2.45) is 0 Å². The molecule has 100 valence electrons. The van der Waals surface area contributed by atoms with Crippen LogP contribution in [0.4, 0.5) is 0 Å². The SMILES string of the molecule is C=C(c1ccccc1)c1ccccc1.N=C=O.N=C=O. The van der Waals surface area contributed by atoms with Gasteiger partial charge in [-0.25, -0.2) is 20.4 Å². The Kier molecular flexibility index (Phi) is 9.36. The van der Waals surface area contributed by atoms with Gasteiger partial charge in [0.2, 0.25) is 12.2 Å². The minimum Gasteiger partial charge on any atom is -0.222 e. The largest absolute Gasteiger partial charge is 0.231 e. The molecule has 0 bridgehead atoms. The Balaban J connectivity index is 0.000000520. The van der Waals surface area contributed by atoms with E-state index in [0.717, 1.165) is 17.7 Å². The maximum atomic E-state index is 8.35. The van der Waals surface area contributed by atoms with Crippen LogP contribution in [0.25, 0.3) is 5.57 Å². The Labute approximate surface area is 117 Å². The summed E-state index contributed by atoms with van der Waals surface area (Å²) in [5.74, 6) is 0. The maximum Gasteiger partial charge on any atom is 0.231 e. The lowest BCUT2D eigenvalue weighted by atomic mass is 10.0. The fourth-order valence-electron chi connectivity index (χ4n) is 1.45. The van der Waals surface area contributed by atoms with Gasteiger partial charge in [0, 0.05) is 0 Å². The molecule has 0 aliphatic rings. The quantitative estimate of drug-likeness (QED) is 0.643. The Hall–Kier alpha value is -3.06. The lowest BCUT2D eigenvalue weighted by molar-refractivity contribution is 0.562. The van der Waals surface area contributed by atoms with Gasteiger partial charge < -0.3 is 0 Å². The standard InChI is InChI=1S/C14H12.2CHNO/c1-12(13-8-4-2-5-9-13)14-10-6-3-7-11-14;2*2-1-3/h2-11H,1H2;2*2H. The van der Waals surface area contributed by atoms with Gasteiger partial charge in [-0.3, -0.25) is 0 Å². The minimum atomic E-state index is 0.750. The van der Waals surface area contributed by atoms with Gasteiger partial charge in [0.1, 0.15) is 0 Å². The van der Waals surface area contributed by atoms with Crippen LogP contribution < -0.4 is 0 Å². The van der Waals surface area contributed by atoms with E-state index in [1.165, 1.54) is 11.1 Å². The summed E-state index contributed by atoms with van der Waals surface area (Å²) < 4.78 is 0. The lowest BCUT2D eigenvalue weighted by Gasteiger charge is -2.04. The molecule has 0 saturated carbocycles. The molecule has 0 aromatic heterocycles. The summed E-state index contributed by atoms with van der Waals surface area (Å²) >= 11 is 0. The molecule has 0 unspecified atom stereocenters. The fourth-order valence-corrected chi connectivity index (χ4v) is 1.45. The van der Waals surface area contributed by atoms with E-state index in [2.05, 4.69) is 30.8 Å². The zero-order valence-corrected chi connectivity index (χ0v) is 10.8. The van der Waals surface area contributed by atoms with Gasteiger partial charge in [-0.15, -0.1) is 0 Å². The van der Waals surface area contributed by atoms with E-state index in [1.54, 1.807) is 0 Å². The molecule has 4 nitrogen and oxygen atoms in total. The smallest absolute Gasteiger partial charge is 0.222 e. The molecule has 0 amide bonds. The summed E-state index contributed by atoms with van der Waals surface area (Å²) in [6.45, 7) is 4.10. The molecule has 2 rings (SSSR count). The molecule has 0 fully saturated rings. The first-order valence-electron chi connectivity index (χ1n) is 5.58. The number of benzene rings is 2. The molecule has 0 radical (unpaired) electrons. The van der Waals surface area contributed by atoms with E-state index in [0.29, 0.717) is 0 Å². The first-order chi connectivity index (χ1) is 9.71. The summed E-state index contributed by atoms with van der Waals surface area (Å²) in [5.41, 5.74) is 3.43. The Morgan fingerprint density at radius 1 is 0.750 bits per heavy atom. The van der Waals surface area contributed by atoms with E-state index in [-0.39, 0.29) is 0 Å². The molecule has 0 aliphatic carbocycles. The number of isocyanates is 2. The monoisotopic (exact) mass is 266 g/mol.